The molecule has 1 aliphatic heterocycles. The van der Waals surface area contributed by atoms with Gasteiger partial charge in [-0.2, -0.15) is 5.10 Å². The van der Waals surface area contributed by atoms with Crippen molar-refractivity contribution in [3.05, 3.63) is 47.9 Å². The number of benzene rings is 1. The SMILES string of the molecule is Cc1cc(NC(=O)CN2CCCC(c3nc(-c4ccccc4)n[nH]3)C2)on1. The van der Waals surface area contributed by atoms with Gasteiger partial charge in [-0.1, -0.05) is 35.5 Å². The summed E-state index contributed by atoms with van der Waals surface area (Å²) in [6.45, 7) is 3.79. The van der Waals surface area contributed by atoms with Gasteiger partial charge in [0.25, 0.3) is 0 Å². The molecule has 1 unspecified atom stereocenters. The smallest absolute Gasteiger partial charge is 0.240 e. The molecule has 0 bridgehead atoms. The molecular formula is C19H22N6O2. The quantitative estimate of drug-likeness (QED) is 0.720. The number of nitrogens with one attached hydrogen (secondary N) is 2. The lowest BCUT2D eigenvalue weighted by atomic mass is 9.97. The molecule has 0 saturated carbocycles. The Morgan fingerprint density at radius 3 is 3.00 bits per heavy atom. The predicted molar refractivity (Wildman–Crippen MR) is 100 cm³/mol. The first-order valence-electron chi connectivity index (χ1n) is 9.10. The van der Waals surface area contributed by atoms with Gasteiger partial charge in [0.15, 0.2) is 5.82 Å². The third-order valence-electron chi connectivity index (χ3n) is 4.68. The van der Waals surface area contributed by atoms with Crippen LogP contribution in [0.1, 0.15) is 30.3 Å². The molecule has 1 amide bonds. The van der Waals surface area contributed by atoms with Gasteiger partial charge in [0.1, 0.15) is 5.82 Å². The van der Waals surface area contributed by atoms with Gasteiger partial charge in [-0.3, -0.25) is 20.1 Å². The Morgan fingerprint density at radius 2 is 2.22 bits per heavy atom. The van der Waals surface area contributed by atoms with Crippen molar-refractivity contribution in [1.29, 1.82) is 0 Å². The maximum Gasteiger partial charge on any atom is 0.240 e. The second-order valence-electron chi connectivity index (χ2n) is 6.87. The third kappa shape index (κ3) is 4.22. The molecule has 8 heteroatoms. The number of anilines is 1. The Bertz CT molecular complexity index is 904. The Kier molecular flexibility index (Phi) is 4.97. The number of carbonyl (C=O) groups excluding carboxylic acids is 1. The van der Waals surface area contributed by atoms with Crippen LogP contribution < -0.4 is 5.32 Å². The van der Waals surface area contributed by atoms with E-state index < -0.39 is 0 Å². The van der Waals surface area contributed by atoms with Crippen LogP contribution in [0.15, 0.2) is 40.9 Å². The van der Waals surface area contributed by atoms with Gasteiger partial charge in [-0.25, -0.2) is 4.98 Å². The van der Waals surface area contributed by atoms with Gasteiger partial charge in [-0.15, -0.1) is 0 Å². The molecule has 27 heavy (non-hydrogen) atoms. The van der Waals surface area contributed by atoms with Crippen LogP contribution in [0.5, 0.6) is 0 Å². The van der Waals surface area contributed by atoms with Gasteiger partial charge in [0, 0.05) is 24.1 Å². The number of amides is 1. The minimum Gasteiger partial charge on any atom is -0.338 e. The monoisotopic (exact) mass is 366 g/mol. The summed E-state index contributed by atoms with van der Waals surface area (Å²) >= 11 is 0. The highest BCUT2D eigenvalue weighted by atomic mass is 16.5. The number of nitrogens with zero attached hydrogens (tertiary/aromatic N) is 4. The summed E-state index contributed by atoms with van der Waals surface area (Å²) in [4.78, 5) is 19.1. The highest BCUT2D eigenvalue weighted by Crippen LogP contribution is 2.26. The maximum absolute atomic E-state index is 12.2. The summed E-state index contributed by atoms with van der Waals surface area (Å²) in [5, 5.41) is 13.9. The van der Waals surface area contributed by atoms with Crippen molar-refractivity contribution in [2.24, 2.45) is 0 Å². The first-order chi connectivity index (χ1) is 13.2. The van der Waals surface area contributed by atoms with Gasteiger partial charge in [0.05, 0.1) is 12.2 Å². The van der Waals surface area contributed by atoms with E-state index in [2.05, 4.69) is 30.6 Å². The first-order valence-corrected chi connectivity index (χ1v) is 9.10. The van der Waals surface area contributed by atoms with E-state index in [1.807, 2.05) is 37.3 Å². The minimum absolute atomic E-state index is 0.102. The molecule has 1 saturated heterocycles. The van der Waals surface area contributed by atoms with Crippen molar-refractivity contribution in [3.8, 4) is 11.4 Å². The van der Waals surface area contributed by atoms with Gasteiger partial charge in [0.2, 0.25) is 11.8 Å². The summed E-state index contributed by atoms with van der Waals surface area (Å²) in [6.07, 6.45) is 2.05. The number of piperidine rings is 1. The number of carbonyl (C=O) groups is 1. The number of aryl methyl sites for hydroxylation is 1. The molecule has 3 heterocycles. The van der Waals surface area contributed by atoms with E-state index in [4.69, 9.17) is 4.52 Å². The van der Waals surface area contributed by atoms with Crippen molar-refractivity contribution in [2.75, 3.05) is 25.0 Å². The molecule has 1 atom stereocenters. The van der Waals surface area contributed by atoms with Gasteiger partial charge in [-0.05, 0) is 26.3 Å². The Balaban J connectivity index is 1.37. The molecule has 1 aromatic carbocycles. The van der Waals surface area contributed by atoms with E-state index in [9.17, 15) is 4.79 Å². The number of aromatic amines is 1. The summed E-state index contributed by atoms with van der Waals surface area (Å²) in [6, 6.07) is 11.6. The molecule has 0 spiro atoms. The predicted octanol–water partition coefficient (Wildman–Crippen LogP) is 2.59. The third-order valence-corrected chi connectivity index (χ3v) is 4.68. The fourth-order valence-corrected chi connectivity index (χ4v) is 3.40. The van der Waals surface area contributed by atoms with Crippen LogP contribution in [0.4, 0.5) is 5.88 Å². The number of likely N-dealkylation sites (tertiary alicyclic amines) is 1. The van der Waals surface area contributed by atoms with Crippen LogP contribution in [-0.4, -0.2) is 50.8 Å². The van der Waals surface area contributed by atoms with Crippen LogP contribution in [0.2, 0.25) is 0 Å². The lowest BCUT2D eigenvalue weighted by Gasteiger charge is -2.30. The van der Waals surface area contributed by atoms with Crippen molar-refractivity contribution < 1.29 is 9.32 Å². The first kappa shape index (κ1) is 17.4. The molecule has 2 aromatic heterocycles. The summed E-state index contributed by atoms with van der Waals surface area (Å²) in [7, 11) is 0. The normalized spacial score (nSPS) is 17.7. The molecule has 4 rings (SSSR count). The van der Waals surface area contributed by atoms with Crippen LogP contribution in [0.3, 0.4) is 0 Å². The Hall–Kier alpha value is -3.00. The second-order valence-corrected chi connectivity index (χ2v) is 6.87. The molecule has 3 aromatic rings. The molecule has 140 valence electrons. The van der Waals surface area contributed by atoms with E-state index in [-0.39, 0.29) is 11.8 Å². The molecular weight excluding hydrogens is 344 g/mol. The van der Waals surface area contributed by atoms with E-state index in [0.29, 0.717) is 18.3 Å². The lowest BCUT2D eigenvalue weighted by Crippen LogP contribution is -2.40. The fourth-order valence-electron chi connectivity index (χ4n) is 3.40. The van der Waals surface area contributed by atoms with E-state index in [0.717, 1.165) is 43.0 Å². The zero-order chi connectivity index (χ0) is 18.6. The molecule has 1 fully saturated rings. The Labute approximate surface area is 157 Å². The van der Waals surface area contributed by atoms with E-state index in [1.165, 1.54) is 0 Å². The topological polar surface area (TPSA) is 99.9 Å². The number of rotatable bonds is 5. The average molecular weight is 366 g/mol. The number of hydrogen-bond acceptors (Lipinski definition) is 6. The Morgan fingerprint density at radius 1 is 1.37 bits per heavy atom. The molecule has 2 N–H and O–H groups in total. The maximum atomic E-state index is 12.2. The summed E-state index contributed by atoms with van der Waals surface area (Å²) in [5.74, 6) is 2.11. The zero-order valence-electron chi connectivity index (χ0n) is 15.2. The van der Waals surface area contributed by atoms with Crippen LogP contribution >= 0.6 is 0 Å². The summed E-state index contributed by atoms with van der Waals surface area (Å²) < 4.78 is 5.04. The van der Waals surface area contributed by atoms with Crippen LogP contribution in [-0.2, 0) is 4.79 Å². The van der Waals surface area contributed by atoms with Crippen LogP contribution in [0.25, 0.3) is 11.4 Å². The summed E-state index contributed by atoms with van der Waals surface area (Å²) in [5.41, 5.74) is 1.73. The van der Waals surface area contributed by atoms with E-state index >= 15 is 0 Å². The average Bonchev–Trinajstić information content (AvgIpc) is 3.32. The lowest BCUT2D eigenvalue weighted by molar-refractivity contribution is -0.117. The minimum atomic E-state index is -0.102. The standard InChI is InChI=1S/C19H22N6O2/c1-13-10-17(27-24-13)20-16(26)12-25-9-5-8-15(11-25)19-21-18(22-23-19)14-6-3-2-4-7-14/h2-4,6-7,10,15H,5,8-9,11-12H2,1H3,(H,20,26)(H,21,22,23). The number of hydrogen-bond donors (Lipinski definition) is 2. The van der Waals surface area contributed by atoms with Crippen molar-refractivity contribution in [3.63, 3.8) is 0 Å². The van der Waals surface area contributed by atoms with Crippen molar-refractivity contribution in [2.45, 2.75) is 25.7 Å². The highest BCUT2D eigenvalue weighted by Gasteiger charge is 2.25. The molecule has 1 aliphatic rings. The number of aromatic nitrogens is 4. The van der Waals surface area contributed by atoms with Crippen molar-refractivity contribution >= 4 is 11.8 Å². The molecule has 8 nitrogen and oxygen atoms in total. The molecule has 0 aliphatic carbocycles. The fraction of sp³-hybridized carbons (Fsp3) is 0.368. The van der Waals surface area contributed by atoms with Gasteiger partial charge >= 0.3 is 0 Å². The van der Waals surface area contributed by atoms with E-state index in [1.54, 1.807) is 6.07 Å². The largest absolute Gasteiger partial charge is 0.338 e. The van der Waals surface area contributed by atoms with Crippen LogP contribution in [0, 0.1) is 6.92 Å². The van der Waals surface area contributed by atoms with Gasteiger partial charge < -0.3 is 4.52 Å². The number of H-pyrrole nitrogens is 1. The zero-order valence-corrected chi connectivity index (χ0v) is 15.2. The van der Waals surface area contributed by atoms with Crippen molar-refractivity contribution in [1.82, 2.24) is 25.2 Å². The molecule has 0 radical (unpaired) electrons. The highest BCUT2D eigenvalue weighted by molar-refractivity contribution is 5.90. The second kappa shape index (κ2) is 7.71.